The maximum atomic E-state index is 12.6. The fraction of sp³-hybridized carbons (Fsp3) is 0.200. The van der Waals surface area contributed by atoms with Crippen molar-refractivity contribution in [2.45, 2.75) is 19.1 Å². The predicted molar refractivity (Wildman–Crippen MR) is 103 cm³/mol. The summed E-state index contributed by atoms with van der Waals surface area (Å²) >= 11 is 0. The molecule has 0 radical (unpaired) electrons. The van der Waals surface area contributed by atoms with Gasteiger partial charge in [-0.15, -0.1) is 0 Å². The molecule has 7 nitrogen and oxygen atoms in total. The van der Waals surface area contributed by atoms with Crippen molar-refractivity contribution in [3.8, 4) is 0 Å². The molecule has 10 heteroatoms. The third kappa shape index (κ3) is 4.65. The number of benzene rings is 2. The Morgan fingerprint density at radius 3 is 2.27 bits per heavy atom. The molecule has 0 saturated carbocycles. The average Bonchev–Trinajstić information content (AvgIpc) is 2.69. The Morgan fingerprint density at radius 2 is 1.67 bits per heavy atom. The lowest BCUT2D eigenvalue weighted by molar-refractivity contribution is -0.137. The number of alkyl halides is 3. The maximum Gasteiger partial charge on any atom is 0.416 e. The van der Waals surface area contributed by atoms with Crippen molar-refractivity contribution in [3.05, 3.63) is 75.7 Å². The number of carbonyl (C=O) groups excluding carboxylic acids is 2. The number of fused-ring (bicyclic) bond motifs is 1. The van der Waals surface area contributed by atoms with E-state index in [1.54, 1.807) is 12.1 Å². The van der Waals surface area contributed by atoms with Crippen molar-refractivity contribution in [1.82, 2.24) is 15.1 Å². The minimum absolute atomic E-state index is 0.122. The highest BCUT2D eigenvalue weighted by molar-refractivity contribution is 6.04. The van der Waals surface area contributed by atoms with Gasteiger partial charge in [0.15, 0.2) is 5.69 Å². The molecule has 1 heterocycles. The summed E-state index contributed by atoms with van der Waals surface area (Å²) in [5.74, 6) is -1.37. The summed E-state index contributed by atoms with van der Waals surface area (Å²) in [5.41, 5.74) is 4.52. The normalized spacial score (nSPS) is 11.4. The first kappa shape index (κ1) is 21.0. The van der Waals surface area contributed by atoms with Gasteiger partial charge >= 0.3 is 6.18 Å². The molecule has 0 aliphatic heterocycles. The number of nitrogens with two attached hydrogens (primary N) is 1. The van der Waals surface area contributed by atoms with E-state index in [9.17, 15) is 27.6 Å². The number of primary amides is 1. The Kier molecular flexibility index (Phi) is 5.86. The zero-order chi connectivity index (χ0) is 21.9. The van der Waals surface area contributed by atoms with Crippen LogP contribution in [-0.2, 0) is 23.9 Å². The number of halogens is 3. The van der Waals surface area contributed by atoms with Gasteiger partial charge in [0.1, 0.15) is 6.54 Å². The summed E-state index contributed by atoms with van der Waals surface area (Å²) in [6.45, 7) is -0.286. The number of nitrogens with zero attached hydrogens (tertiary/aromatic N) is 2. The van der Waals surface area contributed by atoms with E-state index in [0.29, 0.717) is 17.4 Å². The molecule has 30 heavy (non-hydrogen) atoms. The van der Waals surface area contributed by atoms with Gasteiger partial charge in [-0.05, 0) is 30.2 Å². The molecule has 0 unspecified atom stereocenters. The van der Waals surface area contributed by atoms with Crippen LogP contribution in [0.2, 0.25) is 0 Å². The fourth-order valence-electron chi connectivity index (χ4n) is 2.92. The molecular formula is C20H17F3N4O3. The first-order valence-corrected chi connectivity index (χ1v) is 8.89. The van der Waals surface area contributed by atoms with Gasteiger partial charge in [0.2, 0.25) is 5.91 Å². The number of aromatic nitrogens is 2. The van der Waals surface area contributed by atoms with Crippen LogP contribution in [-0.4, -0.2) is 28.1 Å². The SMILES string of the molecule is NC(=O)c1nn(CC(=O)NCCc2ccc(C(F)(F)F)cc2)c(=O)c2ccccc12. The molecule has 0 bridgehead atoms. The van der Waals surface area contributed by atoms with E-state index in [-0.39, 0.29) is 17.6 Å². The van der Waals surface area contributed by atoms with Crippen molar-refractivity contribution in [2.24, 2.45) is 5.73 Å². The molecule has 0 fully saturated rings. The lowest BCUT2D eigenvalue weighted by atomic mass is 10.1. The van der Waals surface area contributed by atoms with Crippen LogP contribution >= 0.6 is 0 Å². The summed E-state index contributed by atoms with van der Waals surface area (Å²) in [6.07, 6.45) is -4.10. The van der Waals surface area contributed by atoms with E-state index in [1.165, 1.54) is 24.3 Å². The molecule has 0 atom stereocenters. The number of rotatable bonds is 6. The first-order chi connectivity index (χ1) is 14.2. The minimum Gasteiger partial charge on any atom is -0.364 e. The maximum absolute atomic E-state index is 12.6. The standard InChI is InChI=1S/C20H17F3N4O3/c21-20(22,23)13-7-5-12(6-8-13)9-10-25-16(28)11-27-19(30)15-4-2-1-3-14(15)17(26-27)18(24)29/h1-8H,9-11H2,(H2,24,29)(H,25,28). The second-order valence-electron chi connectivity index (χ2n) is 6.52. The minimum atomic E-state index is -4.41. The molecule has 0 aliphatic rings. The monoisotopic (exact) mass is 418 g/mol. The molecule has 3 N–H and O–H groups in total. The zero-order valence-corrected chi connectivity index (χ0v) is 15.6. The van der Waals surface area contributed by atoms with Gasteiger partial charge in [-0.2, -0.15) is 18.3 Å². The van der Waals surface area contributed by atoms with Gasteiger partial charge in [0.25, 0.3) is 11.5 Å². The largest absolute Gasteiger partial charge is 0.416 e. The van der Waals surface area contributed by atoms with Crippen molar-refractivity contribution in [1.29, 1.82) is 0 Å². The van der Waals surface area contributed by atoms with Gasteiger partial charge in [0, 0.05) is 11.9 Å². The van der Waals surface area contributed by atoms with Gasteiger partial charge < -0.3 is 11.1 Å². The van der Waals surface area contributed by atoms with Gasteiger partial charge in [0.05, 0.1) is 10.9 Å². The summed E-state index contributed by atoms with van der Waals surface area (Å²) in [6, 6.07) is 10.9. The molecule has 1 aromatic heterocycles. The second-order valence-corrected chi connectivity index (χ2v) is 6.52. The number of nitrogens with one attached hydrogen (secondary N) is 1. The molecule has 0 spiro atoms. The molecule has 3 rings (SSSR count). The quantitative estimate of drug-likeness (QED) is 0.637. The number of hydrogen-bond acceptors (Lipinski definition) is 4. The average molecular weight is 418 g/mol. The summed E-state index contributed by atoms with van der Waals surface area (Å²) in [4.78, 5) is 36.4. The molecule has 3 aromatic rings. The summed E-state index contributed by atoms with van der Waals surface area (Å²) in [5, 5.41) is 6.98. The van der Waals surface area contributed by atoms with Crippen LogP contribution in [0.3, 0.4) is 0 Å². The Labute approximate surface area is 168 Å². The second kappa shape index (κ2) is 8.36. The van der Waals surface area contributed by atoms with Crippen molar-refractivity contribution in [2.75, 3.05) is 6.54 Å². The summed E-state index contributed by atoms with van der Waals surface area (Å²) in [7, 11) is 0. The Bertz CT molecular complexity index is 1150. The third-order valence-corrected chi connectivity index (χ3v) is 4.41. The fourth-order valence-corrected chi connectivity index (χ4v) is 2.92. The highest BCUT2D eigenvalue weighted by atomic mass is 19.4. The Hall–Kier alpha value is -3.69. The number of hydrogen-bond donors (Lipinski definition) is 2. The van der Waals surface area contributed by atoms with Crippen LogP contribution < -0.4 is 16.6 Å². The van der Waals surface area contributed by atoms with E-state index in [0.717, 1.165) is 16.8 Å². The van der Waals surface area contributed by atoms with Crippen LogP contribution in [0.4, 0.5) is 13.2 Å². The molecule has 0 aliphatic carbocycles. The van der Waals surface area contributed by atoms with E-state index in [1.807, 2.05) is 0 Å². The van der Waals surface area contributed by atoms with Gasteiger partial charge in [-0.3, -0.25) is 14.4 Å². The highest BCUT2D eigenvalue weighted by Gasteiger charge is 2.29. The third-order valence-electron chi connectivity index (χ3n) is 4.41. The van der Waals surface area contributed by atoms with Gasteiger partial charge in [-0.1, -0.05) is 30.3 Å². The van der Waals surface area contributed by atoms with Crippen LogP contribution in [0, 0.1) is 0 Å². The Balaban J connectivity index is 1.67. The summed E-state index contributed by atoms with van der Waals surface area (Å²) < 4.78 is 38.6. The van der Waals surface area contributed by atoms with E-state index < -0.39 is 35.7 Å². The van der Waals surface area contributed by atoms with E-state index in [2.05, 4.69) is 10.4 Å². The number of amides is 2. The zero-order valence-electron chi connectivity index (χ0n) is 15.6. The van der Waals surface area contributed by atoms with Crippen LogP contribution in [0.15, 0.2) is 53.3 Å². The van der Waals surface area contributed by atoms with Crippen LogP contribution in [0.5, 0.6) is 0 Å². The lowest BCUT2D eigenvalue weighted by Crippen LogP contribution is -2.36. The van der Waals surface area contributed by atoms with Crippen molar-refractivity contribution < 1.29 is 22.8 Å². The number of carbonyl (C=O) groups is 2. The van der Waals surface area contributed by atoms with Crippen molar-refractivity contribution in [3.63, 3.8) is 0 Å². The predicted octanol–water partition coefficient (Wildman–Crippen LogP) is 1.87. The molecule has 0 saturated heterocycles. The smallest absolute Gasteiger partial charge is 0.364 e. The molecular weight excluding hydrogens is 401 g/mol. The topological polar surface area (TPSA) is 107 Å². The lowest BCUT2D eigenvalue weighted by Gasteiger charge is -2.10. The first-order valence-electron chi connectivity index (χ1n) is 8.89. The molecule has 2 aromatic carbocycles. The molecule has 156 valence electrons. The van der Waals surface area contributed by atoms with Crippen LogP contribution in [0.1, 0.15) is 21.6 Å². The highest BCUT2D eigenvalue weighted by Crippen LogP contribution is 2.29. The van der Waals surface area contributed by atoms with Gasteiger partial charge in [-0.25, -0.2) is 4.68 Å². The van der Waals surface area contributed by atoms with E-state index in [4.69, 9.17) is 5.73 Å². The van der Waals surface area contributed by atoms with Crippen LogP contribution in [0.25, 0.3) is 10.8 Å². The van der Waals surface area contributed by atoms with E-state index >= 15 is 0 Å². The Morgan fingerprint density at radius 1 is 1.03 bits per heavy atom. The van der Waals surface area contributed by atoms with Crippen molar-refractivity contribution >= 4 is 22.6 Å². The molecule has 2 amide bonds.